The van der Waals surface area contributed by atoms with Crippen LogP contribution in [0, 0.1) is 13.8 Å². The molecular formula is C13H14N2O2S. The van der Waals surface area contributed by atoms with Crippen molar-refractivity contribution in [2.75, 3.05) is 0 Å². The Labute approximate surface area is 109 Å². The highest BCUT2D eigenvalue weighted by molar-refractivity contribution is 7.13. The van der Waals surface area contributed by atoms with Gasteiger partial charge in [0.05, 0.1) is 10.8 Å². The van der Waals surface area contributed by atoms with E-state index in [1.165, 1.54) is 0 Å². The first-order chi connectivity index (χ1) is 8.50. The summed E-state index contributed by atoms with van der Waals surface area (Å²) in [5.74, 6) is -0.766. The number of carboxylic acid groups (broad SMARTS) is 1. The molecule has 0 amide bonds. The number of hydrogen-bond acceptors (Lipinski definition) is 4. The summed E-state index contributed by atoms with van der Waals surface area (Å²) in [6.45, 7) is 5.33. The number of carboxylic acids is 1. The van der Waals surface area contributed by atoms with Crippen LogP contribution in [0.1, 0.15) is 29.8 Å². The molecule has 4 nitrogen and oxygen atoms in total. The Kier molecular flexibility index (Phi) is 3.43. The van der Waals surface area contributed by atoms with Crippen molar-refractivity contribution in [3.8, 4) is 10.7 Å². The van der Waals surface area contributed by atoms with E-state index in [0.717, 1.165) is 16.3 Å². The zero-order valence-corrected chi connectivity index (χ0v) is 11.3. The van der Waals surface area contributed by atoms with Crippen molar-refractivity contribution < 1.29 is 9.90 Å². The summed E-state index contributed by atoms with van der Waals surface area (Å²) in [6.07, 6.45) is 0. The van der Waals surface area contributed by atoms with Gasteiger partial charge in [-0.15, -0.1) is 11.3 Å². The van der Waals surface area contributed by atoms with Gasteiger partial charge < -0.3 is 5.11 Å². The predicted octanol–water partition coefficient (Wildman–Crippen LogP) is 3.01. The SMILES string of the molecule is Cc1nc(-c2cccs2)nc(C)c1C(C)C(=O)O. The fourth-order valence-corrected chi connectivity index (χ4v) is 2.65. The number of aromatic nitrogens is 2. The van der Waals surface area contributed by atoms with E-state index < -0.39 is 11.9 Å². The second-order valence-electron chi connectivity index (χ2n) is 4.17. The fourth-order valence-electron chi connectivity index (χ4n) is 1.99. The molecule has 0 radical (unpaired) electrons. The van der Waals surface area contributed by atoms with E-state index in [1.807, 2.05) is 31.4 Å². The zero-order chi connectivity index (χ0) is 13.3. The van der Waals surface area contributed by atoms with Gasteiger partial charge in [0, 0.05) is 17.0 Å². The highest BCUT2D eigenvalue weighted by Crippen LogP contribution is 2.26. The van der Waals surface area contributed by atoms with Crippen LogP contribution in [0.2, 0.25) is 0 Å². The van der Waals surface area contributed by atoms with Crippen molar-refractivity contribution in [1.82, 2.24) is 9.97 Å². The Morgan fingerprint density at radius 3 is 2.39 bits per heavy atom. The number of nitrogens with zero attached hydrogens (tertiary/aromatic N) is 2. The minimum atomic E-state index is -0.853. The van der Waals surface area contributed by atoms with Gasteiger partial charge in [-0.25, -0.2) is 9.97 Å². The number of carbonyl (C=O) groups is 1. The molecule has 1 atom stereocenters. The van der Waals surface area contributed by atoms with Crippen LogP contribution >= 0.6 is 11.3 Å². The number of rotatable bonds is 3. The van der Waals surface area contributed by atoms with Crippen molar-refractivity contribution in [1.29, 1.82) is 0 Å². The zero-order valence-electron chi connectivity index (χ0n) is 10.5. The monoisotopic (exact) mass is 262 g/mol. The number of thiophene rings is 1. The second kappa shape index (κ2) is 4.86. The van der Waals surface area contributed by atoms with Crippen molar-refractivity contribution in [3.63, 3.8) is 0 Å². The lowest BCUT2D eigenvalue weighted by molar-refractivity contribution is -0.138. The Morgan fingerprint density at radius 1 is 1.33 bits per heavy atom. The average molecular weight is 262 g/mol. The number of aryl methyl sites for hydroxylation is 2. The standard InChI is InChI=1S/C13H14N2O2S/c1-7(13(16)17)11-8(2)14-12(15-9(11)3)10-5-4-6-18-10/h4-7H,1-3H3,(H,16,17). The molecule has 2 rings (SSSR count). The van der Waals surface area contributed by atoms with Crippen LogP contribution in [-0.2, 0) is 4.79 Å². The molecule has 2 aromatic rings. The van der Waals surface area contributed by atoms with Gasteiger partial charge >= 0.3 is 5.97 Å². The average Bonchev–Trinajstić information content (AvgIpc) is 2.80. The minimum Gasteiger partial charge on any atom is -0.481 e. The number of hydrogen-bond donors (Lipinski definition) is 1. The highest BCUT2D eigenvalue weighted by atomic mass is 32.1. The molecule has 0 aliphatic carbocycles. The van der Waals surface area contributed by atoms with Gasteiger partial charge in [-0.05, 0) is 32.2 Å². The van der Waals surface area contributed by atoms with Crippen molar-refractivity contribution >= 4 is 17.3 Å². The van der Waals surface area contributed by atoms with E-state index in [1.54, 1.807) is 18.3 Å². The topological polar surface area (TPSA) is 63.1 Å². The minimum absolute atomic E-state index is 0.581. The Balaban J connectivity index is 2.51. The van der Waals surface area contributed by atoms with E-state index in [4.69, 9.17) is 5.11 Å². The lowest BCUT2D eigenvalue weighted by Gasteiger charge is -2.13. The molecule has 94 valence electrons. The maximum absolute atomic E-state index is 11.1. The predicted molar refractivity (Wildman–Crippen MR) is 70.9 cm³/mol. The van der Waals surface area contributed by atoms with Crippen LogP contribution in [0.15, 0.2) is 17.5 Å². The molecule has 0 aliphatic rings. The van der Waals surface area contributed by atoms with Crippen LogP contribution in [-0.4, -0.2) is 21.0 Å². The smallest absolute Gasteiger partial charge is 0.310 e. The quantitative estimate of drug-likeness (QED) is 0.923. The largest absolute Gasteiger partial charge is 0.481 e. The Hall–Kier alpha value is -1.75. The maximum atomic E-state index is 11.1. The first kappa shape index (κ1) is 12.7. The van der Waals surface area contributed by atoms with Gasteiger partial charge in [-0.3, -0.25) is 4.79 Å². The summed E-state index contributed by atoms with van der Waals surface area (Å²) in [5, 5.41) is 11.1. The van der Waals surface area contributed by atoms with E-state index >= 15 is 0 Å². The van der Waals surface area contributed by atoms with E-state index in [9.17, 15) is 4.79 Å². The first-order valence-corrected chi connectivity index (χ1v) is 6.50. The summed E-state index contributed by atoms with van der Waals surface area (Å²) < 4.78 is 0. The van der Waals surface area contributed by atoms with Crippen molar-refractivity contribution in [2.45, 2.75) is 26.7 Å². The van der Waals surface area contributed by atoms with Gasteiger partial charge in [0.1, 0.15) is 0 Å². The fraction of sp³-hybridized carbons (Fsp3) is 0.308. The summed E-state index contributed by atoms with van der Waals surface area (Å²) in [4.78, 5) is 20.9. The molecule has 2 heterocycles. The van der Waals surface area contributed by atoms with Crippen LogP contribution in [0.5, 0.6) is 0 Å². The second-order valence-corrected chi connectivity index (χ2v) is 5.12. The first-order valence-electron chi connectivity index (χ1n) is 5.62. The third kappa shape index (κ3) is 2.26. The molecule has 0 aliphatic heterocycles. The third-order valence-corrected chi connectivity index (χ3v) is 3.74. The third-order valence-electron chi connectivity index (χ3n) is 2.87. The summed E-state index contributed by atoms with van der Waals surface area (Å²) in [6, 6.07) is 3.90. The van der Waals surface area contributed by atoms with Crippen LogP contribution in [0.3, 0.4) is 0 Å². The van der Waals surface area contributed by atoms with Gasteiger partial charge in [0.15, 0.2) is 5.82 Å². The van der Waals surface area contributed by atoms with Crippen LogP contribution < -0.4 is 0 Å². The highest BCUT2D eigenvalue weighted by Gasteiger charge is 2.21. The van der Waals surface area contributed by atoms with E-state index in [-0.39, 0.29) is 0 Å². The lowest BCUT2D eigenvalue weighted by atomic mass is 9.98. The molecule has 0 saturated heterocycles. The Bertz CT molecular complexity index is 556. The molecule has 0 saturated carbocycles. The molecular weight excluding hydrogens is 248 g/mol. The van der Waals surface area contributed by atoms with Gasteiger partial charge in [0.25, 0.3) is 0 Å². The van der Waals surface area contributed by atoms with Crippen molar-refractivity contribution in [3.05, 3.63) is 34.5 Å². The van der Waals surface area contributed by atoms with Gasteiger partial charge in [-0.2, -0.15) is 0 Å². The van der Waals surface area contributed by atoms with Crippen molar-refractivity contribution in [2.24, 2.45) is 0 Å². The molecule has 1 unspecified atom stereocenters. The molecule has 2 aromatic heterocycles. The lowest BCUT2D eigenvalue weighted by Crippen LogP contribution is -2.13. The van der Waals surface area contributed by atoms with Gasteiger partial charge in [0.2, 0.25) is 0 Å². The van der Waals surface area contributed by atoms with Crippen LogP contribution in [0.4, 0.5) is 0 Å². The molecule has 0 fully saturated rings. The number of aliphatic carboxylic acids is 1. The van der Waals surface area contributed by atoms with Crippen LogP contribution in [0.25, 0.3) is 10.7 Å². The molecule has 5 heteroatoms. The summed E-state index contributed by atoms with van der Waals surface area (Å²) >= 11 is 1.57. The molecule has 18 heavy (non-hydrogen) atoms. The Morgan fingerprint density at radius 2 is 1.94 bits per heavy atom. The molecule has 0 bridgehead atoms. The maximum Gasteiger partial charge on any atom is 0.310 e. The molecule has 1 N–H and O–H groups in total. The normalized spacial score (nSPS) is 12.4. The molecule has 0 spiro atoms. The van der Waals surface area contributed by atoms with Gasteiger partial charge in [-0.1, -0.05) is 6.07 Å². The summed E-state index contributed by atoms with van der Waals surface area (Å²) in [7, 11) is 0. The summed E-state index contributed by atoms with van der Waals surface area (Å²) in [5.41, 5.74) is 2.18. The van der Waals surface area contributed by atoms with E-state index in [0.29, 0.717) is 11.4 Å². The molecule has 0 aromatic carbocycles. The van der Waals surface area contributed by atoms with E-state index in [2.05, 4.69) is 9.97 Å².